The van der Waals surface area contributed by atoms with Crippen molar-refractivity contribution in [1.82, 2.24) is 30.2 Å². The molecule has 2 saturated heterocycles. The van der Waals surface area contributed by atoms with E-state index in [1.54, 1.807) is 30.1 Å². The number of hydrogen-bond donors (Lipinski definition) is 1. The van der Waals surface area contributed by atoms with Crippen molar-refractivity contribution in [3.05, 3.63) is 29.6 Å². The largest absolute Gasteiger partial charge is 0.480 e. The second-order valence-electron chi connectivity index (χ2n) is 7.75. The molecule has 10 nitrogen and oxygen atoms in total. The summed E-state index contributed by atoms with van der Waals surface area (Å²) < 4.78 is 17.8. The predicted octanol–water partition coefficient (Wildman–Crippen LogP) is 0.700. The lowest BCUT2D eigenvalue weighted by Gasteiger charge is -2.37. The average molecular weight is 431 g/mol. The second kappa shape index (κ2) is 10.2. The standard InChI is InChI=1S/C21H30N6O4/c1-3-17-16(12-23-27(17)19-4-5-20(29-2)25-24-19)21(28)22-13-18(15-6-9-31-14-15)26-7-10-30-11-8-26/h4-5,12,15,18H,3,6-11,13-14H2,1-2H3,(H,22,28)/t15-,18+/m0/s1. The van der Waals surface area contributed by atoms with Crippen molar-refractivity contribution in [2.75, 3.05) is 53.2 Å². The van der Waals surface area contributed by atoms with Crippen LogP contribution in [0.1, 0.15) is 29.4 Å². The van der Waals surface area contributed by atoms with E-state index in [1.807, 2.05) is 6.92 Å². The summed E-state index contributed by atoms with van der Waals surface area (Å²) in [5.41, 5.74) is 1.35. The van der Waals surface area contributed by atoms with Gasteiger partial charge >= 0.3 is 0 Å². The van der Waals surface area contributed by atoms with E-state index in [1.165, 1.54) is 0 Å². The molecule has 2 atom stereocenters. The summed E-state index contributed by atoms with van der Waals surface area (Å²) in [5, 5.41) is 15.7. The van der Waals surface area contributed by atoms with Crippen molar-refractivity contribution in [2.24, 2.45) is 5.92 Å². The topological polar surface area (TPSA) is 104 Å². The van der Waals surface area contributed by atoms with Crippen molar-refractivity contribution in [3.63, 3.8) is 0 Å². The maximum atomic E-state index is 13.1. The molecular weight excluding hydrogens is 400 g/mol. The highest BCUT2D eigenvalue weighted by molar-refractivity contribution is 5.95. The van der Waals surface area contributed by atoms with Crippen LogP contribution in [-0.4, -0.2) is 90.0 Å². The van der Waals surface area contributed by atoms with E-state index >= 15 is 0 Å². The van der Waals surface area contributed by atoms with E-state index in [0.29, 0.717) is 36.1 Å². The summed E-state index contributed by atoms with van der Waals surface area (Å²) in [5.74, 6) is 1.27. The Morgan fingerprint density at radius 2 is 2.10 bits per heavy atom. The van der Waals surface area contributed by atoms with Crippen LogP contribution in [0.25, 0.3) is 5.82 Å². The van der Waals surface area contributed by atoms with E-state index in [-0.39, 0.29) is 11.9 Å². The lowest BCUT2D eigenvalue weighted by molar-refractivity contribution is 0.00166. The van der Waals surface area contributed by atoms with Gasteiger partial charge in [-0.05, 0) is 18.9 Å². The zero-order valence-corrected chi connectivity index (χ0v) is 18.1. The molecular formula is C21H30N6O4. The first-order valence-electron chi connectivity index (χ1n) is 10.8. The monoisotopic (exact) mass is 430 g/mol. The highest BCUT2D eigenvalue weighted by Gasteiger charge is 2.32. The van der Waals surface area contributed by atoms with E-state index < -0.39 is 0 Å². The van der Waals surface area contributed by atoms with Crippen molar-refractivity contribution in [2.45, 2.75) is 25.8 Å². The Balaban J connectivity index is 1.47. The molecule has 4 heterocycles. The van der Waals surface area contributed by atoms with Gasteiger partial charge in [-0.3, -0.25) is 9.69 Å². The minimum atomic E-state index is -0.123. The molecule has 4 rings (SSSR count). The number of hydrogen-bond acceptors (Lipinski definition) is 8. The highest BCUT2D eigenvalue weighted by atomic mass is 16.5. The van der Waals surface area contributed by atoms with Gasteiger partial charge in [0, 0.05) is 44.3 Å². The number of aromatic nitrogens is 4. The molecule has 31 heavy (non-hydrogen) atoms. The Bertz CT molecular complexity index is 859. The molecule has 0 unspecified atom stereocenters. The number of ether oxygens (including phenoxy) is 3. The number of carbonyl (C=O) groups excluding carboxylic acids is 1. The Morgan fingerprint density at radius 1 is 1.26 bits per heavy atom. The van der Waals surface area contributed by atoms with Gasteiger partial charge in [0.2, 0.25) is 5.88 Å². The van der Waals surface area contributed by atoms with Crippen molar-refractivity contribution >= 4 is 5.91 Å². The molecule has 10 heteroatoms. The van der Waals surface area contributed by atoms with Crippen molar-refractivity contribution in [3.8, 4) is 11.7 Å². The third-order valence-electron chi connectivity index (χ3n) is 6.00. The fourth-order valence-electron chi connectivity index (χ4n) is 4.29. The van der Waals surface area contributed by atoms with Crippen LogP contribution in [0.2, 0.25) is 0 Å². The van der Waals surface area contributed by atoms with Crippen LogP contribution in [0.3, 0.4) is 0 Å². The highest BCUT2D eigenvalue weighted by Crippen LogP contribution is 2.22. The molecule has 0 aliphatic carbocycles. The molecule has 0 saturated carbocycles. The summed E-state index contributed by atoms with van der Waals surface area (Å²) in [6.45, 7) is 7.32. The van der Waals surface area contributed by atoms with Gasteiger partial charge in [-0.1, -0.05) is 6.92 Å². The summed E-state index contributed by atoms with van der Waals surface area (Å²) in [6.07, 6.45) is 3.26. The van der Waals surface area contributed by atoms with E-state index in [2.05, 4.69) is 25.5 Å². The molecule has 2 aliphatic heterocycles. The summed E-state index contributed by atoms with van der Waals surface area (Å²) >= 11 is 0. The molecule has 0 aromatic carbocycles. The van der Waals surface area contributed by atoms with Gasteiger partial charge in [0.15, 0.2) is 5.82 Å². The minimum absolute atomic E-state index is 0.123. The normalized spacial score (nSPS) is 20.5. The van der Waals surface area contributed by atoms with Gasteiger partial charge in [0.1, 0.15) is 0 Å². The van der Waals surface area contributed by atoms with Crippen molar-refractivity contribution in [1.29, 1.82) is 0 Å². The minimum Gasteiger partial charge on any atom is -0.480 e. The SMILES string of the molecule is CCc1c(C(=O)NC[C@H]([C@H]2CCOC2)N2CCOCC2)cnn1-c1ccc(OC)nn1. The van der Waals surface area contributed by atoms with Crippen LogP contribution in [0.4, 0.5) is 0 Å². The van der Waals surface area contributed by atoms with Gasteiger partial charge in [0.25, 0.3) is 5.91 Å². The van der Waals surface area contributed by atoms with E-state index in [0.717, 1.165) is 51.6 Å². The quantitative estimate of drug-likeness (QED) is 0.653. The Hall–Kier alpha value is -2.56. The fourth-order valence-corrected chi connectivity index (χ4v) is 4.29. The smallest absolute Gasteiger partial charge is 0.254 e. The first-order valence-corrected chi connectivity index (χ1v) is 10.8. The van der Waals surface area contributed by atoms with Crippen LogP contribution in [0.5, 0.6) is 5.88 Å². The third-order valence-corrected chi connectivity index (χ3v) is 6.00. The lowest BCUT2D eigenvalue weighted by atomic mass is 9.96. The molecule has 1 N–H and O–H groups in total. The molecule has 2 aromatic heterocycles. The van der Waals surface area contributed by atoms with Crippen LogP contribution in [0, 0.1) is 5.92 Å². The first-order chi connectivity index (χ1) is 15.2. The summed E-state index contributed by atoms with van der Waals surface area (Å²) in [7, 11) is 1.54. The number of nitrogens with one attached hydrogen (secondary N) is 1. The molecule has 2 aliphatic rings. The Labute approximate surface area is 181 Å². The second-order valence-corrected chi connectivity index (χ2v) is 7.75. The number of morpholine rings is 1. The number of nitrogens with zero attached hydrogens (tertiary/aromatic N) is 5. The van der Waals surface area contributed by atoms with Gasteiger partial charge in [-0.2, -0.15) is 5.10 Å². The number of carbonyl (C=O) groups is 1. The zero-order valence-electron chi connectivity index (χ0n) is 18.1. The van der Waals surface area contributed by atoms with Gasteiger partial charge in [0.05, 0.1) is 44.4 Å². The van der Waals surface area contributed by atoms with E-state index in [9.17, 15) is 4.79 Å². The summed E-state index contributed by atoms with van der Waals surface area (Å²) in [4.78, 5) is 15.5. The van der Waals surface area contributed by atoms with Crippen LogP contribution in [-0.2, 0) is 15.9 Å². The molecule has 2 aromatic rings. The molecule has 0 bridgehead atoms. The van der Waals surface area contributed by atoms with Crippen molar-refractivity contribution < 1.29 is 19.0 Å². The first kappa shape index (κ1) is 21.7. The lowest BCUT2D eigenvalue weighted by Crippen LogP contribution is -2.52. The predicted molar refractivity (Wildman–Crippen MR) is 113 cm³/mol. The zero-order chi connectivity index (χ0) is 21.6. The molecule has 168 valence electrons. The van der Waals surface area contributed by atoms with Crippen LogP contribution < -0.4 is 10.1 Å². The average Bonchev–Trinajstić information content (AvgIpc) is 3.50. The number of methoxy groups -OCH3 is 1. The van der Waals surface area contributed by atoms with Crippen LogP contribution in [0.15, 0.2) is 18.3 Å². The Kier molecular flexibility index (Phi) is 7.10. The Morgan fingerprint density at radius 3 is 2.74 bits per heavy atom. The maximum absolute atomic E-state index is 13.1. The van der Waals surface area contributed by atoms with Gasteiger partial charge < -0.3 is 19.5 Å². The van der Waals surface area contributed by atoms with E-state index in [4.69, 9.17) is 14.2 Å². The maximum Gasteiger partial charge on any atom is 0.254 e. The van der Waals surface area contributed by atoms with Gasteiger partial charge in [-0.25, -0.2) is 4.68 Å². The van der Waals surface area contributed by atoms with Gasteiger partial charge in [-0.15, -0.1) is 10.2 Å². The molecule has 0 spiro atoms. The third kappa shape index (κ3) is 4.86. The summed E-state index contributed by atoms with van der Waals surface area (Å²) in [6, 6.07) is 3.73. The van der Waals surface area contributed by atoms with Crippen LogP contribution >= 0.6 is 0 Å². The fraction of sp³-hybridized carbons (Fsp3) is 0.619. The number of amides is 1. The number of rotatable bonds is 8. The molecule has 0 radical (unpaired) electrons. The molecule has 2 fully saturated rings. The molecule has 1 amide bonds.